The fourth-order valence-electron chi connectivity index (χ4n) is 5.15. The molecule has 0 aliphatic carbocycles. The summed E-state index contributed by atoms with van der Waals surface area (Å²) in [4.78, 5) is 62.0. The molecule has 0 spiro atoms. The third kappa shape index (κ3) is 9.91. The first-order chi connectivity index (χ1) is 24.4. The minimum Gasteiger partial charge on any atom is -0.494 e. The Bertz CT molecular complexity index is 1930. The van der Waals surface area contributed by atoms with Crippen LogP contribution in [0.1, 0.15) is 30.5 Å². The zero-order chi connectivity index (χ0) is 37.1. The van der Waals surface area contributed by atoms with Crippen LogP contribution in [0.15, 0.2) is 78.9 Å². The van der Waals surface area contributed by atoms with E-state index in [-0.39, 0.29) is 59.9 Å². The zero-order valence-corrected chi connectivity index (χ0v) is 28.0. The van der Waals surface area contributed by atoms with Gasteiger partial charge in [-0.15, -0.1) is 0 Å². The zero-order valence-electron chi connectivity index (χ0n) is 28.0. The van der Waals surface area contributed by atoms with Gasteiger partial charge in [-0.1, -0.05) is 24.3 Å². The highest BCUT2D eigenvalue weighted by molar-refractivity contribution is 5.97. The molecule has 0 aliphatic rings. The van der Waals surface area contributed by atoms with E-state index in [9.17, 15) is 39.7 Å². The fraction of sp³-hybridized carbons (Fsp3) is 0.229. The molecule has 51 heavy (non-hydrogen) atoms. The van der Waals surface area contributed by atoms with Gasteiger partial charge in [-0.2, -0.15) is 0 Å². The van der Waals surface area contributed by atoms with Crippen molar-refractivity contribution in [1.29, 1.82) is 0 Å². The van der Waals surface area contributed by atoms with Gasteiger partial charge in [-0.3, -0.25) is 34.7 Å². The third-order valence-corrected chi connectivity index (χ3v) is 7.47. The number of anilines is 4. The van der Waals surface area contributed by atoms with Crippen LogP contribution in [-0.2, 0) is 29.0 Å². The molecule has 0 unspecified atom stereocenters. The summed E-state index contributed by atoms with van der Waals surface area (Å²) in [5.74, 6) is -0.249. The lowest BCUT2D eigenvalue weighted by molar-refractivity contribution is -0.384. The second kappa shape index (κ2) is 17.1. The topological polar surface area (TPSA) is 216 Å². The molecule has 0 saturated carbocycles. The van der Waals surface area contributed by atoms with Gasteiger partial charge in [0.05, 0.1) is 48.1 Å². The number of nitrogens with one attached hydrogen (secondary N) is 3. The lowest BCUT2D eigenvalue weighted by atomic mass is 10.1. The molecule has 16 nitrogen and oxygen atoms in total. The summed E-state index contributed by atoms with van der Waals surface area (Å²) in [5.41, 5.74) is 0.852. The highest BCUT2D eigenvalue weighted by atomic mass is 16.6. The van der Waals surface area contributed by atoms with Crippen LogP contribution in [0.3, 0.4) is 0 Å². The monoisotopic (exact) mass is 700 g/mol. The number of nitro groups is 2. The van der Waals surface area contributed by atoms with Gasteiger partial charge in [-0.05, 0) is 66.9 Å². The first-order valence-corrected chi connectivity index (χ1v) is 15.7. The van der Waals surface area contributed by atoms with E-state index in [0.29, 0.717) is 29.4 Å². The summed E-state index contributed by atoms with van der Waals surface area (Å²) in [7, 11) is 1.62. The predicted octanol–water partition coefficient (Wildman–Crippen LogP) is 6.39. The molecule has 4 aromatic rings. The van der Waals surface area contributed by atoms with E-state index in [1.807, 2.05) is 6.92 Å². The summed E-state index contributed by atoms with van der Waals surface area (Å²) in [5, 5.41) is 41.7. The molecular formula is C35H36N6O10. The molecule has 266 valence electrons. The average molecular weight is 701 g/mol. The number of carbonyl (C=O) groups excluding carboxylic acids is 2. The number of hydrogen-bond donors (Lipinski definition) is 4. The molecule has 0 aromatic heterocycles. The standard InChI is InChI=1S/C35H36N6O10/c1-4-50-26-11-6-22(7-12-26)17-33(42)37-28-16-23(8-14-30(28)40(46)47)21-39(35(44)45)32-20-27(51-5-2)13-9-24(32)18-34(43)38-29-19-25(36-3)10-15-31(29)41(48)49/h6-16,19-20,36H,4-5,17-18,21H2,1-3H3,(H,37,42)(H,38,43)(H,44,45). The number of benzene rings is 4. The van der Waals surface area contributed by atoms with Gasteiger partial charge in [0.25, 0.3) is 11.4 Å². The van der Waals surface area contributed by atoms with Crippen molar-refractivity contribution in [2.24, 2.45) is 0 Å². The Morgan fingerprint density at radius 2 is 1.27 bits per heavy atom. The van der Waals surface area contributed by atoms with Crippen molar-refractivity contribution in [2.75, 3.05) is 41.1 Å². The molecular weight excluding hydrogens is 664 g/mol. The molecule has 0 saturated heterocycles. The minimum atomic E-state index is -1.41. The lowest BCUT2D eigenvalue weighted by Crippen LogP contribution is -2.30. The normalized spacial score (nSPS) is 10.5. The Morgan fingerprint density at radius 3 is 1.86 bits per heavy atom. The van der Waals surface area contributed by atoms with Gasteiger partial charge >= 0.3 is 6.09 Å². The van der Waals surface area contributed by atoms with Crippen LogP contribution < -0.4 is 30.3 Å². The molecule has 4 aromatic carbocycles. The van der Waals surface area contributed by atoms with Crippen LogP contribution in [0, 0.1) is 20.2 Å². The largest absolute Gasteiger partial charge is 0.494 e. The van der Waals surface area contributed by atoms with E-state index in [1.54, 1.807) is 44.3 Å². The Labute approximate surface area is 292 Å². The van der Waals surface area contributed by atoms with Crippen LogP contribution in [0.2, 0.25) is 0 Å². The van der Waals surface area contributed by atoms with E-state index in [4.69, 9.17) is 9.47 Å². The number of nitrogens with zero attached hydrogens (tertiary/aromatic N) is 3. The Hall–Kier alpha value is -6.71. The second-order valence-electron chi connectivity index (χ2n) is 11.0. The second-order valence-corrected chi connectivity index (χ2v) is 11.0. The van der Waals surface area contributed by atoms with Gasteiger partial charge in [-0.25, -0.2) is 4.79 Å². The van der Waals surface area contributed by atoms with Crippen molar-refractivity contribution in [1.82, 2.24) is 0 Å². The molecule has 4 rings (SSSR count). The third-order valence-electron chi connectivity index (χ3n) is 7.47. The Kier molecular flexibility index (Phi) is 12.4. The molecule has 0 radical (unpaired) electrons. The highest BCUT2D eigenvalue weighted by Gasteiger charge is 2.24. The number of hydrogen-bond acceptors (Lipinski definition) is 10. The van der Waals surface area contributed by atoms with E-state index < -0.39 is 33.4 Å². The summed E-state index contributed by atoms with van der Waals surface area (Å²) in [6.45, 7) is 3.99. The average Bonchev–Trinajstić information content (AvgIpc) is 3.08. The van der Waals surface area contributed by atoms with Crippen molar-refractivity contribution >= 4 is 52.0 Å². The molecule has 0 fully saturated rings. The summed E-state index contributed by atoms with van der Waals surface area (Å²) < 4.78 is 11.0. The quantitative estimate of drug-likeness (QED) is 0.0742. The van der Waals surface area contributed by atoms with E-state index >= 15 is 0 Å². The summed E-state index contributed by atoms with van der Waals surface area (Å²) in [6, 6.07) is 19.3. The molecule has 0 aliphatic heterocycles. The highest BCUT2D eigenvalue weighted by Crippen LogP contribution is 2.32. The number of rotatable bonds is 16. The molecule has 0 atom stereocenters. The van der Waals surface area contributed by atoms with Gasteiger partial charge < -0.3 is 30.5 Å². The maximum Gasteiger partial charge on any atom is 0.412 e. The van der Waals surface area contributed by atoms with Crippen molar-refractivity contribution < 1.29 is 38.8 Å². The smallest absolute Gasteiger partial charge is 0.412 e. The summed E-state index contributed by atoms with van der Waals surface area (Å²) >= 11 is 0. The van der Waals surface area contributed by atoms with Crippen molar-refractivity contribution in [2.45, 2.75) is 33.2 Å². The van der Waals surface area contributed by atoms with E-state index in [2.05, 4.69) is 16.0 Å². The van der Waals surface area contributed by atoms with E-state index in [0.717, 1.165) is 4.90 Å². The van der Waals surface area contributed by atoms with Crippen LogP contribution in [-0.4, -0.2) is 53.1 Å². The first-order valence-electron chi connectivity index (χ1n) is 15.7. The molecule has 0 heterocycles. The first kappa shape index (κ1) is 37.1. The van der Waals surface area contributed by atoms with Gasteiger partial charge in [0.1, 0.15) is 22.9 Å². The van der Waals surface area contributed by atoms with Crippen LogP contribution in [0.5, 0.6) is 11.5 Å². The fourth-order valence-corrected chi connectivity index (χ4v) is 5.15. The summed E-state index contributed by atoms with van der Waals surface area (Å²) in [6.07, 6.45) is -1.88. The molecule has 4 N–H and O–H groups in total. The Morgan fingerprint density at radius 1 is 0.725 bits per heavy atom. The Balaban J connectivity index is 1.62. The van der Waals surface area contributed by atoms with Gasteiger partial charge in [0, 0.05) is 30.9 Å². The number of carboxylic acid groups (broad SMARTS) is 1. The maximum atomic E-state index is 13.2. The van der Waals surface area contributed by atoms with Crippen LogP contribution in [0.4, 0.5) is 38.9 Å². The maximum absolute atomic E-state index is 13.2. The van der Waals surface area contributed by atoms with Gasteiger partial charge in [0.2, 0.25) is 11.8 Å². The van der Waals surface area contributed by atoms with E-state index in [1.165, 1.54) is 48.5 Å². The number of carbonyl (C=O) groups is 3. The van der Waals surface area contributed by atoms with Crippen molar-refractivity contribution in [3.8, 4) is 11.5 Å². The SMILES string of the molecule is CCOc1ccc(CC(=O)Nc2cc(CN(C(=O)O)c3cc(OCC)ccc3CC(=O)Nc3cc(NC)ccc3[N+](=O)[O-])ccc2[N+](=O)[O-])cc1. The van der Waals surface area contributed by atoms with Crippen LogP contribution in [0.25, 0.3) is 0 Å². The molecule has 16 heteroatoms. The lowest BCUT2D eigenvalue weighted by Gasteiger charge is -2.23. The van der Waals surface area contributed by atoms with Gasteiger partial charge in [0.15, 0.2) is 0 Å². The number of amides is 3. The van der Waals surface area contributed by atoms with Crippen LogP contribution >= 0.6 is 0 Å². The van der Waals surface area contributed by atoms with Crippen molar-refractivity contribution in [3.05, 3.63) is 116 Å². The predicted molar refractivity (Wildman–Crippen MR) is 190 cm³/mol. The number of ether oxygens (including phenoxy) is 2. The number of nitro benzene ring substituents is 2. The minimum absolute atomic E-state index is 0.0533. The van der Waals surface area contributed by atoms with Crippen molar-refractivity contribution in [3.63, 3.8) is 0 Å². The molecule has 3 amide bonds. The molecule has 0 bridgehead atoms.